The molecule has 11 nitrogen and oxygen atoms in total. The Hall–Kier alpha value is -4.93. The monoisotopic (exact) mass is 561 g/mol. The van der Waals surface area contributed by atoms with Gasteiger partial charge in [-0.3, -0.25) is 4.90 Å². The van der Waals surface area contributed by atoms with Crippen molar-refractivity contribution in [1.29, 1.82) is 0 Å². The Morgan fingerprint density at radius 3 is 2.15 bits per heavy atom. The largest absolute Gasteiger partial charge is 0.502 e. The molecule has 6 rings (SSSR count). The van der Waals surface area contributed by atoms with Crippen LogP contribution >= 0.6 is 0 Å². The average molecular weight is 562 g/mol. The van der Waals surface area contributed by atoms with Crippen molar-refractivity contribution < 1.29 is 38.3 Å². The smallest absolute Gasteiger partial charge is 0.411 e. The molecule has 4 aromatic rings. The number of carbonyl (C=O) groups excluding carboxylic acids is 1. The number of nitrogens with one attached hydrogen (secondary N) is 2. The Bertz CT molecular complexity index is 1580. The number of H-pyrrole nitrogens is 1. The number of phenolic OH excluding ortho intramolecular Hbond substituents is 1. The summed E-state index contributed by atoms with van der Waals surface area (Å²) >= 11 is 0. The molecule has 1 saturated heterocycles. The fraction of sp³-hybridized carbons (Fsp3) is 0.300. The van der Waals surface area contributed by atoms with E-state index in [0.29, 0.717) is 28.5 Å². The fourth-order valence-corrected chi connectivity index (χ4v) is 5.98. The average Bonchev–Trinajstić information content (AvgIpc) is 3.57. The van der Waals surface area contributed by atoms with Crippen LogP contribution in [0, 0.1) is 0 Å². The van der Waals surface area contributed by atoms with Gasteiger partial charge in [0.15, 0.2) is 23.0 Å². The van der Waals surface area contributed by atoms with E-state index in [1.54, 1.807) is 38.4 Å². The zero-order chi connectivity index (χ0) is 28.8. The number of aromatic nitrogens is 1. The van der Waals surface area contributed by atoms with Crippen LogP contribution in [0.2, 0.25) is 0 Å². The van der Waals surface area contributed by atoms with E-state index in [1.165, 1.54) is 14.2 Å². The lowest BCUT2D eigenvalue weighted by Gasteiger charge is -2.41. The van der Waals surface area contributed by atoms with E-state index in [9.17, 15) is 9.90 Å². The molecule has 3 heterocycles. The predicted octanol–water partition coefficient (Wildman–Crippen LogP) is 4.99. The molecule has 1 fully saturated rings. The molecule has 0 radical (unpaired) electrons. The van der Waals surface area contributed by atoms with E-state index in [2.05, 4.69) is 16.4 Å². The van der Waals surface area contributed by atoms with Crippen molar-refractivity contribution in [1.82, 2.24) is 9.88 Å². The molecule has 214 valence electrons. The highest BCUT2D eigenvalue weighted by atomic mass is 16.6. The van der Waals surface area contributed by atoms with Gasteiger partial charge in [-0.15, -0.1) is 0 Å². The van der Waals surface area contributed by atoms with Crippen molar-refractivity contribution in [2.45, 2.75) is 18.1 Å². The predicted molar refractivity (Wildman–Crippen MR) is 151 cm³/mol. The topological polar surface area (TPSA) is 124 Å². The third-order valence-corrected chi connectivity index (χ3v) is 7.77. The second-order valence-corrected chi connectivity index (χ2v) is 9.76. The van der Waals surface area contributed by atoms with Gasteiger partial charge in [0.05, 0.1) is 47.6 Å². The van der Waals surface area contributed by atoms with Gasteiger partial charge in [-0.1, -0.05) is 18.2 Å². The number of fused-ring (bicyclic) bond motifs is 4. The number of anilines is 1. The third-order valence-electron chi connectivity index (χ3n) is 7.77. The van der Waals surface area contributed by atoms with Crippen LogP contribution in [0.3, 0.4) is 0 Å². The maximum absolute atomic E-state index is 13.4. The van der Waals surface area contributed by atoms with Crippen LogP contribution < -0.4 is 29.0 Å². The summed E-state index contributed by atoms with van der Waals surface area (Å²) in [6.07, 6.45) is -0.452. The number of hydrogen-bond acceptors (Lipinski definition) is 9. The van der Waals surface area contributed by atoms with Gasteiger partial charge in [0.25, 0.3) is 0 Å². The van der Waals surface area contributed by atoms with Crippen LogP contribution in [-0.2, 0) is 4.74 Å². The van der Waals surface area contributed by atoms with Crippen LogP contribution in [-0.4, -0.2) is 69.3 Å². The molecule has 3 N–H and O–H groups in total. The quantitative estimate of drug-likeness (QED) is 0.273. The zero-order valence-electron chi connectivity index (χ0n) is 23.3. The number of aromatic hydroxyl groups is 1. The van der Waals surface area contributed by atoms with Gasteiger partial charge in [-0.2, -0.15) is 0 Å². The lowest BCUT2D eigenvalue weighted by atomic mass is 9.85. The molecule has 2 aliphatic heterocycles. The minimum Gasteiger partial charge on any atom is -0.502 e. The normalized spacial score (nSPS) is 19.3. The van der Waals surface area contributed by atoms with Crippen LogP contribution in [0.5, 0.6) is 34.5 Å². The van der Waals surface area contributed by atoms with Gasteiger partial charge >= 0.3 is 6.09 Å². The van der Waals surface area contributed by atoms with Crippen molar-refractivity contribution in [3.05, 3.63) is 65.4 Å². The van der Waals surface area contributed by atoms with E-state index < -0.39 is 12.1 Å². The first kappa shape index (κ1) is 26.3. The number of nitrogens with zero attached hydrogens (tertiary/aromatic N) is 1. The molecule has 0 spiro atoms. The van der Waals surface area contributed by atoms with Gasteiger partial charge in [0.2, 0.25) is 11.5 Å². The number of benzene rings is 3. The molecule has 3 atom stereocenters. The SMILES string of the molecule is COc1cc([C@@H]2c3[nH]c4ccccc4c3[C@@H](Nc3cc(OC)c(OC)c(OC)c3)[C@H]3COC(=O)N23)cc(OC)c1O. The first-order chi connectivity index (χ1) is 19.9. The van der Waals surface area contributed by atoms with E-state index >= 15 is 0 Å². The minimum absolute atomic E-state index is 0.117. The number of hydrogen-bond donors (Lipinski definition) is 3. The Labute approximate surface area is 236 Å². The molecule has 11 heteroatoms. The summed E-state index contributed by atoms with van der Waals surface area (Å²) in [5.41, 5.74) is 4.13. The van der Waals surface area contributed by atoms with Crippen LogP contribution in [0.4, 0.5) is 10.5 Å². The van der Waals surface area contributed by atoms with Gasteiger partial charge in [-0.25, -0.2) is 4.79 Å². The summed E-state index contributed by atoms with van der Waals surface area (Å²) in [6, 6.07) is 13.8. The van der Waals surface area contributed by atoms with Gasteiger partial charge in [-0.05, 0) is 23.8 Å². The number of rotatable bonds is 8. The van der Waals surface area contributed by atoms with E-state index in [-0.39, 0.29) is 35.9 Å². The van der Waals surface area contributed by atoms with Crippen LogP contribution in [0.25, 0.3) is 10.9 Å². The van der Waals surface area contributed by atoms with Crippen molar-refractivity contribution in [2.24, 2.45) is 0 Å². The molecule has 0 saturated carbocycles. The summed E-state index contributed by atoms with van der Waals surface area (Å²) in [5, 5.41) is 15.2. The van der Waals surface area contributed by atoms with Gasteiger partial charge in [0, 0.05) is 40.0 Å². The zero-order valence-corrected chi connectivity index (χ0v) is 23.3. The Morgan fingerprint density at radius 1 is 0.902 bits per heavy atom. The van der Waals surface area contributed by atoms with Gasteiger partial charge in [0.1, 0.15) is 12.6 Å². The number of ether oxygens (including phenoxy) is 6. The highest BCUT2D eigenvalue weighted by Crippen LogP contribution is 2.51. The number of aromatic amines is 1. The maximum Gasteiger partial charge on any atom is 0.411 e. The van der Waals surface area contributed by atoms with Crippen molar-refractivity contribution in [3.63, 3.8) is 0 Å². The summed E-state index contributed by atoms with van der Waals surface area (Å²) in [4.78, 5) is 18.7. The minimum atomic E-state index is -0.571. The Balaban J connectivity index is 1.56. The molecular formula is C30H31N3O8. The second kappa shape index (κ2) is 10.2. The number of carbonyl (C=O) groups is 1. The molecule has 1 amide bonds. The molecule has 2 aliphatic rings. The lowest BCUT2D eigenvalue weighted by molar-refractivity contribution is 0.145. The number of para-hydroxylation sites is 1. The first-order valence-corrected chi connectivity index (χ1v) is 13.0. The lowest BCUT2D eigenvalue weighted by Crippen LogP contribution is -2.47. The molecule has 0 unspecified atom stereocenters. The number of methoxy groups -OCH3 is 5. The summed E-state index contributed by atoms with van der Waals surface area (Å²) < 4.78 is 33.2. The summed E-state index contributed by atoms with van der Waals surface area (Å²) in [6.45, 7) is 0.169. The molecular weight excluding hydrogens is 530 g/mol. The highest BCUT2D eigenvalue weighted by molar-refractivity contribution is 5.88. The molecule has 0 aliphatic carbocycles. The highest BCUT2D eigenvalue weighted by Gasteiger charge is 2.51. The molecule has 1 aromatic heterocycles. The molecule has 41 heavy (non-hydrogen) atoms. The van der Waals surface area contributed by atoms with E-state index in [1.807, 2.05) is 30.3 Å². The Morgan fingerprint density at radius 2 is 1.54 bits per heavy atom. The molecule has 0 bridgehead atoms. The number of cyclic esters (lactones) is 1. The van der Waals surface area contributed by atoms with E-state index in [4.69, 9.17) is 28.4 Å². The standard InChI is InChI=1S/C30H31N3O8/c1-36-20-10-15(11-21(37-2)28(20)34)27-26-24(17-8-6-7-9-18(17)32-26)25(19-14-41-30(35)33(19)27)31-16-12-22(38-3)29(40-5)23(13-16)39-4/h6-13,19,25,27,31-32,34H,14H2,1-5H3/t19-,25+,27-/m1/s1. The van der Waals surface area contributed by atoms with Crippen LogP contribution in [0.15, 0.2) is 48.5 Å². The Kier molecular flexibility index (Phi) is 6.56. The van der Waals surface area contributed by atoms with Crippen molar-refractivity contribution in [3.8, 4) is 34.5 Å². The third kappa shape index (κ3) is 4.07. The fourth-order valence-electron chi connectivity index (χ4n) is 5.98. The van der Waals surface area contributed by atoms with Crippen molar-refractivity contribution in [2.75, 3.05) is 47.5 Å². The van der Waals surface area contributed by atoms with Crippen LogP contribution in [0.1, 0.15) is 28.9 Å². The van der Waals surface area contributed by atoms with Gasteiger partial charge < -0.3 is 43.8 Å². The summed E-state index contributed by atoms with van der Waals surface area (Å²) in [5.74, 6) is 1.84. The number of amides is 1. The molecule has 3 aromatic carbocycles. The second-order valence-electron chi connectivity index (χ2n) is 9.76. The first-order valence-electron chi connectivity index (χ1n) is 13.0. The van der Waals surface area contributed by atoms with Crippen molar-refractivity contribution >= 4 is 22.7 Å². The summed E-state index contributed by atoms with van der Waals surface area (Å²) in [7, 11) is 7.63. The number of phenols is 1. The maximum atomic E-state index is 13.4. The van der Waals surface area contributed by atoms with E-state index in [0.717, 1.165) is 22.2 Å².